The fraction of sp³-hybridized carbons (Fsp3) is 0.600. The highest BCUT2D eigenvalue weighted by Crippen LogP contribution is 2.34. The highest BCUT2D eigenvalue weighted by atomic mass is 32.2. The van der Waals surface area contributed by atoms with Crippen LogP contribution in [0, 0.1) is 10.1 Å². The van der Waals surface area contributed by atoms with Gasteiger partial charge in [-0.25, -0.2) is 10.8 Å². The van der Waals surface area contributed by atoms with E-state index in [1.807, 2.05) is 16.7 Å². The molecule has 8 nitrogen and oxygen atoms in total. The number of nitrogen functional groups attached to an aromatic ring is 1. The number of hydrogen-bond acceptors (Lipinski definition) is 8. The molecule has 1 aromatic heterocycles. The normalized spacial score (nSPS) is 18.2. The fourth-order valence-corrected chi connectivity index (χ4v) is 3.11. The highest BCUT2D eigenvalue weighted by Gasteiger charge is 2.31. The number of thioether (sulfide) groups is 1. The Morgan fingerprint density at radius 1 is 1.63 bits per heavy atom. The molecule has 1 aliphatic heterocycles. The summed E-state index contributed by atoms with van der Waals surface area (Å²) in [5.41, 5.74) is 2.22. The van der Waals surface area contributed by atoms with E-state index in [4.69, 9.17) is 5.84 Å². The van der Waals surface area contributed by atoms with Gasteiger partial charge in [-0.1, -0.05) is 0 Å². The molecule has 0 saturated carbocycles. The minimum absolute atomic E-state index is 0.0351. The van der Waals surface area contributed by atoms with Gasteiger partial charge >= 0.3 is 5.69 Å². The molecular formula is C10H16N6O2S. The summed E-state index contributed by atoms with van der Waals surface area (Å²) >= 11 is 1.85. The third-order valence-corrected chi connectivity index (χ3v) is 4.10. The topological polar surface area (TPSA) is 110 Å². The molecule has 2 rings (SSSR count). The molecule has 1 saturated heterocycles. The first kappa shape index (κ1) is 13.8. The lowest BCUT2D eigenvalue weighted by atomic mass is 10.2. The summed E-state index contributed by atoms with van der Waals surface area (Å²) in [7, 11) is 0. The Labute approximate surface area is 114 Å². The van der Waals surface area contributed by atoms with Crippen molar-refractivity contribution in [3.8, 4) is 0 Å². The van der Waals surface area contributed by atoms with E-state index in [9.17, 15) is 10.1 Å². The van der Waals surface area contributed by atoms with Gasteiger partial charge in [0.2, 0.25) is 11.8 Å². The number of aromatic nitrogens is 2. The van der Waals surface area contributed by atoms with E-state index in [0.29, 0.717) is 12.4 Å². The number of nitrogens with one attached hydrogen (secondary N) is 1. The number of hydrogen-bond donors (Lipinski definition) is 2. The van der Waals surface area contributed by atoms with Gasteiger partial charge in [0.05, 0.1) is 4.92 Å². The van der Waals surface area contributed by atoms with E-state index in [0.717, 1.165) is 12.3 Å². The first-order chi connectivity index (χ1) is 8.93. The van der Waals surface area contributed by atoms with Crippen LogP contribution in [0.5, 0.6) is 0 Å². The number of rotatable bonds is 3. The third kappa shape index (κ3) is 3.04. The minimum Gasteiger partial charge on any atom is -0.349 e. The van der Waals surface area contributed by atoms with Crippen molar-refractivity contribution in [1.82, 2.24) is 9.97 Å². The molecule has 0 amide bonds. The minimum atomic E-state index is -0.468. The van der Waals surface area contributed by atoms with Crippen LogP contribution in [0.1, 0.15) is 13.8 Å². The van der Waals surface area contributed by atoms with Crippen molar-refractivity contribution in [2.45, 2.75) is 18.6 Å². The lowest BCUT2D eigenvalue weighted by Gasteiger charge is -2.37. The molecule has 0 radical (unpaired) electrons. The molecule has 104 valence electrons. The van der Waals surface area contributed by atoms with Crippen molar-refractivity contribution in [3.63, 3.8) is 0 Å². The summed E-state index contributed by atoms with van der Waals surface area (Å²) < 4.78 is 0.0351. The molecule has 9 heteroatoms. The number of nitro groups is 1. The van der Waals surface area contributed by atoms with Crippen LogP contribution >= 0.6 is 11.8 Å². The summed E-state index contributed by atoms with van der Waals surface area (Å²) in [6.07, 6.45) is 1.19. The molecule has 1 aromatic rings. The van der Waals surface area contributed by atoms with Crippen molar-refractivity contribution in [2.75, 3.05) is 29.2 Å². The zero-order chi connectivity index (χ0) is 14.0. The predicted octanol–water partition coefficient (Wildman–Crippen LogP) is 1.00. The van der Waals surface area contributed by atoms with Crippen molar-refractivity contribution < 1.29 is 4.92 Å². The molecule has 0 aromatic carbocycles. The van der Waals surface area contributed by atoms with Gasteiger partial charge in [-0.3, -0.25) is 15.5 Å². The zero-order valence-electron chi connectivity index (χ0n) is 10.8. The maximum atomic E-state index is 11.1. The number of anilines is 2. The van der Waals surface area contributed by atoms with E-state index in [1.165, 1.54) is 6.20 Å². The van der Waals surface area contributed by atoms with Crippen LogP contribution in [0.2, 0.25) is 0 Å². The van der Waals surface area contributed by atoms with Crippen LogP contribution in [-0.4, -0.2) is 38.5 Å². The van der Waals surface area contributed by atoms with Gasteiger partial charge in [0.15, 0.2) is 0 Å². The van der Waals surface area contributed by atoms with Crippen LogP contribution in [0.25, 0.3) is 0 Å². The monoisotopic (exact) mass is 284 g/mol. The fourth-order valence-electron chi connectivity index (χ4n) is 1.99. The van der Waals surface area contributed by atoms with Crippen LogP contribution in [0.15, 0.2) is 6.20 Å². The van der Waals surface area contributed by atoms with Crippen molar-refractivity contribution >= 4 is 29.2 Å². The average molecular weight is 284 g/mol. The summed E-state index contributed by atoms with van der Waals surface area (Å²) in [4.78, 5) is 20.4. The Hall–Kier alpha value is -1.61. The van der Waals surface area contributed by atoms with Gasteiger partial charge in [0.25, 0.3) is 0 Å². The van der Waals surface area contributed by atoms with Gasteiger partial charge in [0, 0.05) is 23.6 Å². The Bertz CT molecular complexity index is 495. The molecule has 3 N–H and O–H groups in total. The third-order valence-electron chi connectivity index (χ3n) is 2.80. The van der Waals surface area contributed by atoms with Gasteiger partial charge in [-0.15, -0.1) is 0 Å². The first-order valence-electron chi connectivity index (χ1n) is 5.80. The lowest BCUT2D eigenvalue weighted by molar-refractivity contribution is -0.384. The molecule has 0 aliphatic carbocycles. The maximum absolute atomic E-state index is 11.1. The lowest BCUT2D eigenvalue weighted by Crippen LogP contribution is -2.43. The molecule has 0 bridgehead atoms. The quantitative estimate of drug-likeness (QED) is 0.480. The number of nitrogens with two attached hydrogens (primary N) is 1. The summed E-state index contributed by atoms with van der Waals surface area (Å²) in [5.74, 6) is 6.66. The Morgan fingerprint density at radius 2 is 2.37 bits per heavy atom. The van der Waals surface area contributed by atoms with Gasteiger partial charge in [-0.2, -0.15) is 16.7 Å². The largest absolute Gasteiger partial charge is 0.349 e. The van der Waals surface area contributed by atoms with Crippen molar-refractivity contribution in [3.05, 3.63) is 16.3 Å². The SMILES string of the molecule is CC1(C)CN(c2nc(NN)ncc2[N+](=O)[O-])CCS1. The van der Waals surface area contributed by atoms with Gasteiger partial charge in [0.1, 0.15) is 6.20 Å². The smallest absolute Gasteiger partial charge is 0.329 e. The molecule has 0 spiro atoms. The summed E-state index contributed by atoms with van der Waals surface area (Å²) in [5, 5.41) is 11.1. The molecule has 19 heavy (non-hydrogen) atoms. The molecule has 0 atom stereocenters. The molecule has 1 fully saturated rings. The predicted molar refractivity (Wildman–Crippen MR) is 75.2 cm³/mol. The Kier molecular flexibility index (Phi) is 3.76. The highest BCUT2D eigenvalue weighted by molar-refractivity contribution is 8.00. The second-order valence-corrected chi connectivity index (χ2v) is 6.64. The summed E-state index contributed by atoms with van der Waals surface area (Å²) in [6.45, 7) is 5.63. The zero-order valence-corrected chi connectivity index (χ0v) is 11.6. The van der Waals surface area contributed by atoms with E-state index < -0.39 is 4.92 Å². The van der Waals surface area contributed by atoms with Crippen LogP contribution in [0.4, 0.5) is 17.5 Å². The van der Waals surface area contributed by atoms with Crippen molar-refractivity contribution in [2.24, 2.45) is 5.84 Å². The standard InChI is InChI=1S/C10H16N6O2S/c1-10(2)6-15(3-4-19-10)8-7(16(17)18)5-12-9(13-8)14-11/h5H,3-4,6,11H2,1-2H3,(H,12,13,14). The first-order valence-corrected chi connectivity index (χ1v) is 6.78. The van der Waals surface area contributed by atoms with E-state index in [-0.39, 0.29) is 16.4 Å². The van der Waals surface area contributed by atoms with Crippen LogP contribution in [0.3, 0.4) is 0 Å². The average Bonchev–Trinajstić information content (AvgIpc) is 2.36. The molecule has 2 heterocycles. The summed E-state index contributed by atoms with van der Waals surface area (Å²) in [6, 6.07) is 0. The molecular weight excluding hydrogens is 268 g/mol. The Morgan fingerprint density at radius 3 is 2.95 bits per heavy atom. The molecule has 1 aliphatic rings. The second kappa shape index (κ2) is 5.17. The van der Waals surface area contributed by atoms with Gasteiger partial charge in [-0.05, 0) is 13.8 Å². The number of hydrazine groups is 1. The van der Waals surface area contributed by atoms with E-state index >= 15 is 0 Å². The van der Waals surface area contributed by atoms with Gasteiger partial charge < -0.3 is 4.90 Å². The van der Waals surface area contributed by atoms with Crippen LogP contribution in [-0.2, 0) is 0 Å². The Balaban J connectivity index is 2.38. The van der Waals surface area contributed by atoms with Crippen molar-refractivity contribution in [1.29, 1.82) is 0 Å². The molecule has 0 unspecified atom stereocenters. The maximum Gasteiger partial charge on any atom is 0.329 e. The van der Waals surface area contributed by atoms with Crippen LogP contribution < -0.4 is 16.2 Å². The number of nitrogens with zero attached hydrogens (tertiary/aromatic N) is 4. The second-order valence-electron chi connectivity index (χ2n) is 4.83. The van der Waals surface area contributed by atoms with E-state index in [1.54, 1.807) is 0 Å². The van der Waals surface area contributed by atoms with E-state index in [2.05, 4.69) is 29.2 Å².